The summed E-state index contributed by atoms with van der Waals surface area (Å²) in [6.45, 7) is 2.23. The topological polar surface area (TPSA) is 84.2 Å². The van der Waals surface area contributed by atoms with Crippen molar-refractivity contribution in [3.05, 3.63) is 59.7 Å². The molecule has 0 fully saturated rings. The highest BCUT2D eigenvalue weighted by Crippen LogP contribution is 2.27. The van der Waals surface area contributed by atoms with Crippen LogP contribution in [0.2, 0.25) is 0 Å². The van der Waals surface area contributed by atoms with Crippen LogP contribution in [0.25, 0.3) is 11.1 Å². The van der Waals surface area contributed by atoms with Gasteiger partial charge >= 0.3 is 0 Å². The molecule has 1 heterocycles. The van der Waals surface area contributed by atoms with Gasteiger partial charge in [0, 0.05) is 31.3 Å². The fourth-order valence-corrected chi connectivity index (χ4v) is 3.27. The van der Waals surface area contributed by atoms with Crippen molar-refractivity contribution in [2.24, 2.45) is 0 Å². The second-order valence-corrected chi connectivity index (χ2v) is 6.56. The first kappa shape index (κ1) is 18.0. The monoisotopic (exact) mass is 369 g/mol. The Labute approximate surface area is 155 Å². The summed E-state index contributed by atoms with van der Waals surface area (Å²) in [4.78, 5) is 27.7. The first-order chi connectivity index (χ1) is 12.6. The maximum absolute atomic E-state index is 12.4. The lowest BCUT2D eigenvalue weighted by atomic mass is 10.1. The van der Waals surface area contributed by atoms with Crippen LogP contribution >= 0.6 is 11.8 Å². The Morgan fingerprint density at radius 1 is 1.04 bits per heavy atom. The van der Waals surface area contributed by atoms with Gasteiger partial charge in [-0.25, -0.2) is 4.98 Å². The van der Waals surface area contributed by atoms with Gasteiger partial charge in [0.1, 0.15) is 5.52 Å². The number of carbonyl (C=O) groups excluding carboxylic acids is 2. The Hall–Kier alpha value is -2.80. The zero-order valence-electron chi connectivity index (χ0n) is 14.3. The molecule has 0 aliphatic rings. The largest absolute Gasteiger partial charge is 0.431 e. The number of benzene rings is 2. The second kappa shape index (κ2) is 8.53. The molecule has 26 heavy (non-hydrogen) atoms. The van der Waals surface area contributed by atoms with E-state index in [0.717, 1.165) is 16.7 Å². The van der Waals surface area contributed by atoms with Crippen LogP contribution in [0.4, 0.5) is 0 Å². The Balaban J connectivity index is 1.63. The highest BCUT2D eigenvalue weighted by Gasteiger charge is 2.12. The average Bonchev–Trinajstić information content (AvgIpc) is 3.06. The molecular weight excluding hydrogens is 350 g/mol. The summed E-state index contributed by atoms with van der Waals surface area (Å²) in [6.07, 6.45) is 0. The van der Waals surface area contributed by atoms with Crippen LogP contribution in [-0.2, 0) is 10.5 Å². The van der Waals surface area contributed by atoms with Gasteiger partial charge in [-0.2, -0.15) is 0 Å². The number of amides is 2. The van der Waals surface area contributed by atoms with Gasteiger partial charge in [0.05, 0.1) is 0 Å². The number of hydrogen-bond donors (Lipinski definition) is 2. The maximum atomic E-state index is 12.4. The summed E-state index contributed by atoms with van der Waals surface area (Å²) in [5, 5.41) is 6.04. The number of oxazole rings is 1. The van der Waals surface area contributed by atoms with Gasteiger partial charge in [-0.3, -0.25) is 9.59 Å². The summed E-state index contributed by atoms with van der Waals surface area (Å²) in [6, 6.07) is 15.0. The molecule has 1 aromatic heterocycles. The van der Waals surface area contributed by atoms with E-state index in [1.165, 1.54) is 18.7 Å². The minimum Gasteiger partial charge on any atom is -0.431 e. The van der Waals surface area contributed by atoms with Gasteiger partial charge in [0.25, 0.3) is 11.1 Å². The molecule has 2 aromatic carbocycles. The molecule has 0 spiro atoms. The summed E-state index contributed by atoms with van der Waals surface area (Å²) in [5.74, 6) is 0.292. The Kier molecular flexibility index (Phi) is 5.91. The predicted molar refractivity (Wildman–Crippen MR) is 101 cm³/mol. The van der Waals surface area contributed by atoms with E-state index in [4.69, 9.17) is 4.42 Å². The molecule has 3 rings (SSSR count). The second-order valence-electron chi connectivity index (χ2n) is 5.63. The Morgan fingerprint density at radius 3 is 2.58 bits per heavy atom. The van der Waals surface area contributed by atoms with Crippen molar-refractivity contribution in [3.63, 3.8) is 0 Å². The molecule has 6 nitrogen and oxygen atoms in total. The summed E-state index contributed by atoms with van der Waals surface area (Å²) < 4.78 is 5.70. The van der Waals surface area contributed by atoms with E-state index in [2.05, 4.69) is 15.6 Å². The molecule has 0 unspecified atom stereocenters. The Bertz CT molecular complexity index is 890. The molecule has 0 aliphatic carbocycles. The quantitative estimate of drug-likeness (QED) is 0.494. The van der Waals surface area contributed by atoms with Crippen molar-refractivity contribution < 1.29 is 14.0 Å². The third-order valence-corrected chi connectivity index (χ3v) is 4.55. The van der Waals surface area contributed by atoms with Gasteiger partial charge in [-0.1, -0.05) is 42.1 Å². The third kappa shape index (κ3) is 4.64. The van der Waals surface area contributed by atoms with Crippen LogP contribution in [0, 0.1) is 0 Å². The molecule has 7 heteroatoms. The number of hydrogen-bond acceptors (Lipinski definition) is 5. The molecule has 2 amide bonds. The predicted octanol–water partition coefficient (Wildman–Crippen LogP) is 2.99. The normalized spacial score (nSPS) is 10.7. The summed E-state index contributed by atoms with van der Waals surface area (Å²) in [5.41, 5.74) is 3.08. The van der Waals surface area contributed by atoms with Gasteiger partial charge in [0.15, 0.2) is 5.58 Å². The van der Waals surface area contributed by atoms with Crippen molar-refractivity contribution in [1.29, 1.82) is 0 Å². The van der Waals surface area contributed by atoms with Crippen molar-refractivity contribution in [2.45, 2.75) is 17.9 Å². The highest BCUT2D eigenvalue weighted by atomic mass is 32.2. The molecule has 2 N–H and O–H groups in total. The molecule has 0 saturated heterocycles. The van der Waals surface area contributed by atoms with Crippen LogP contribution in [-0.4, -0.2) is 29.9 Å². The van der Waals surface area contributed by atoms with Crippen molar-refractivity contribution >= 4 is 34.7 Å². The van der Waals surface area contributed by atoms with Gasteiger partial charge in [0.2, 0.25) is 5.91 Å². The van der Waals surface area contributed by atoms with Crippen molar-refractivity contribution in [3.8, 4) is 0 Å². The van der Waals surface area contributed by atoms with Gasteiger partial charge in [-0.15, -0.1) is 0 Å². The van der Waals surface area contributed by atoms with Crippen LogP contribution in [0.15, 0.2) is 58.2 Å². The van der Waals surface area contributed by atoms with Crippen LogP contribution in [0.3, 0.4) is 0 Å². The molecule has 0 radical (unpaired) electrons. The number of nitrogens with one attached hydrogen (secondary N) is 2. The fourth-order valence-electron chi connectivity index (χ4n) is 2.43. The number of rotatable bonds is 7. The lowest BCUT2D eigenvalue weighted by Gasteiger charge is -2.09. The molecule has 0 bridgehead atoms. The van der Waals surface area contributed by atoms with Crippen LogP contribution in [0.5, 0.6) is 0 Å². The number of carbonyl (C=O) groups is 2. The molecule has 3 aromatic rings. The highest BCUT2D eigenvalue weighted by molar-refractivity contribution is 7.98. The van der Waals surface area contributed by atoms with E-state index < -0.39 is 0 Å². The molecule has 0 saturated carbocycles. The molecule has 134 valence electrons. The van der Waals surface area contributed by atoms with E-state index in [1.807, 2.05) is 42.5 Å². The smallest absolute Gasteiger partial charge is 0.257 e. The number of fused-ring (bicyclic) bond motifs is 1. The zero-order valence-corrected chi connectivity index (χ0v) is 15.1. The molecule has 0 atom stereocenters. The molecular formula is C19H19N3O3S. The number of para-hydroxylation sites is 2. The molecule has 0 aliphatic heterocycles. The Morgan fingerprint density at radius 2 is 1.77 bits per heavy atom. The first-order valence-electron chi connectivity index (χ1n) is 8.22. The summed E-state index contributed by atoms with van der Waals surface area (Å²) in [7, 11) is 0. The number of thioether (sulfide) groups is 1. The third-order valence-electron chi connectivity index (χ3n) is 3.67. The first-order valence-corrected chi connectivity index (χ1v) is 9.21. The minimum absolute atomic E-state index is 0.116. The van der Waals surface area contributed by atoms with E-state index in [9.17, 15) is 9.59 Å². The van der Waals surface area contributed by atoms with Crippen molar-refractivity contribution in [1.82, 2.24) is 15.6 Å². The lowest BCUT2D eigenvalue weighted by Crippen LogP contribution is -2.34. The van der Waals surface area contributed by atoms with E-state index in [0.29, 0.717) is 29.6 Å². The standard InChI is InChI=1S/C19H19N3O3S/c1-13(23)20-10-11-21-18(24)15-7-3-2-6-14(15)12-26-19-22-16-8-4-5-9-17(16)25-19/h2-9H,10-12H2,1H3,(H,20,23)(H,21,24). The van der Waals surface area contributed by atoms with Gasteiger partial charge in [-0.05, 0) is 23.8 Å². The van der Waals surface area contributed by atoms with Gasteiger partial charge < -0.3 is 15.1 Å². The lowest BCUT2D eigenvalue weighted by molar-refractivity contribution is -0.118. The minimum atomic E-state index is -0.163. The maximum Gasteiger partial charge on any atom is 0.257 e. The average molecular weight is 369 g/mol. The van der Waals surface area contributed by atoms with Crippen molar-refractivity contribution in [2.75, 3.05) is 13.1 Å². The van der Waals surface area contributed by atoms with E-state index >= 15 is 0 Å². The van der Waals surface area contributed by atoms with Crippen LogP contribution in [0.1, 0.15) is 22.8 Å². The van der Waals surface area contributed by atoms with E-state index in [-0.39, 0.29) is 11.8 Å². The number of nitrogens with zero attached hydrogens (tertiary/aromatic N) is 1. The SMILES string of the molecule is CC(=O)NCCNC(=O)c1ccccc1CSc1nc2ccccc2o1. The van der Waals surface area contributed by atoms with E-state index in [1.54, 1.807) is 6.07 Å². The number of aromatic nitrogens is 1. The summed E-state index contributed by atoms with van der Waals surface area (Å²) >= 11 is 1.45. The fraction of sp³-hybridized carbons (Fsp3) is 0.211. The van der Waals surface area contributed by atoms with Crippen LogP contribution < -0.4 is 10.6 Å². The zero-order chi connectivity index (χ0) is 18.4.